The fourth-order valence-electron chi connectivity index (χ4n) is 4.27. The summed E-state index contributed by atoms with van der Waals surface area (Å²) in [5.41, 5.74) is 5.26. The van der Waals surface area contributed by atoms with E-state index >= 15 is 0 Å². The van der Waals surface area contributed by atoms with Gasteiger partial charge in [0.05, 0.1) is 0 Å². The second kappa shape index (κ2) is 4.57. The van der Waals surface area contributed by atoms with Gasteiger partial charge in [-0.25, -0.2) is 0 Å². The molecule has 0 bridgehead atoms. The molecule has 0 atom stereocenters. The lowest BCUT2D eigenvalue weighted by molar-refractivity contribution is 0.0963. The molecule has 0 aromatic heterocycles. The summed E-state index contributed by atoms with van der Waals surface area (Å²) in [6.45, 7) is 7.28. The van der Waals surface area contributed by atoms with E-state index in [4.69, 9.17) is 0 Å². The average molecular weight is 270 g/mol. The minimum atomic E-state index is 0.531. The van der Waals surface area contributed by atoms with Gasteiger partial charge in [-0.05, 0) is 63.9 Å². The van der Waals surface area contributed by atoms with Crippen LogP contribution in [0.2, 0.25) is 0 Å². The molecule has 1 aromatic carbocycles. The lowest BCUT2D eigenvalue weighted by Gasteiger charge is -2.43. The van der Waals surface area contributed by atoms with Crippen LogP contribution in [-0.2, 0) is 12.0 Å². The maximum atomic E-state index is 2.80. The normalized spacial score (nSPS) is 26.7. The maximum Gasteiger partial charge on any atom is 0.0240 e. The van der Waals surface area contributed by atoms with E-state index in [1.165, 1.54) is 57.4 Å². The first kappa shape index (κ1) is 12.8. The van der Waals surface area contributed by atoms with Crippen LogP contribution in [0.5, 0.6) is 0 Å². The van der Waals surface area contributed by atoms with Crippen LogP contribution in [0.3, 0.4) is 0 Å². The number of fused-ring (bicyclic) bond motifs is 2. The van der Waals surface area contributed by atoms with E-state index in [0.717, 1.165) is 6.04 Å². The van der Waals surface area contributed by atoms with Gasteiger partial charge in [0.15, 0.2) is 0 Å². The van der Waals surface area contributed by atoms with Crippen LogP contribution in [0.15, 0.2) is 18.2 Å². The lowest BCUT2D eigenvalue weighted by Crippen LogP contribution is -2.48. The Hall–Kier alpha value is -0.860. The highest BCUT2D eigenvalue weighted by Gasteiger charge is 2.49. The van der Waals surface area contributed by atoms with Gasteiger partial charge >= 0.3 is 0 Å². The molecular weight excluding hydrogens is 244 g/mol. The van der Waals surface area contributed by atoms with Crippen molar-refractivity contribution in [2.75, 3.05) is 26.7 Å². The standard InChI is InChI=1S/C18H26N2/c1-14-3-4-15-12-20(16-5-9-19(2)10-6-16)13-18(7-8-18)17(15)11-14/h3-4,11,16H,5-10,12-13H2,1-2H3. The zero-order chi connectivity index (χ0) is 13.7. The number of benzene rings is 1. The summed E-state index contributed by atoms with van der Waals surface area (Å²) < 4.78 is 0. The number of hydrogen-bond donors (Lipinski definition) is 0. The van der Waals surface area contributed by atoms with Crippen molar-refractivity contribution >= 4 is 0 Å². The van der Waals surface area contributed by atoms with E-state index in [0.29, 0.717) is 5.41 Å². The van der Waals surface area contributed by atoms with E-state index in [1.54, 1.807) is 11.1 Å². The van der Waals surface area contributed by atoms with Crippen molar-refractivity contribution in [1.82, 2.24) is 9.80 Å². The Morgan fingerprint density at radius 2 is 1.90 bits per heavy atom. The van der Waals surface area contributed by atoms with Crippen molar-refractivity contribution in [2.24, 2.45) is 0 Å². The first-order valence-corrected chi connectivity index (χ1v) is 8.19. The average Bonchev–Trinajstić information content (AvgIpc) is 3.21. The molecular formula is C18H26N2. The fraction of sp³-hybridized carbons (Fsp3) is 0.667. The Bertz CT molecular complexity index is 510. The van der Waals surface area contributed by atoms with Crippen LogP contribution in [0.1, 0.15) is 42.4 Å². The Balaban J connectivity index is 1.59. The second-order valence-electron chi connectivity index (χ2n) is 7.38. The third kappa shape index (κ3) is 2.10. The predicted molar refractivity (Wildman–Crippen MR) is 83.0 cm³/mol. The third-order valence-corrected chi connectivity index (χ3v) is 5.77. The molecule has 20 heavy (non-hydrogen) atoms. The van der Waals surface area contributed by atoms with Gasteiger partial charge in [0.1, 0.15) is 0 Å². The number of nitrogens with zero attached hydrogens (tertiary/aromatic N) is 2. The zero-order valence-electron chi connectivity index (χ0n) is 12.9. The number of likely N-dealkylation sites (tertiary alicyclic amines) is 1. The molecule has 2 heterocycles. The minimum absolute atomic E-state index is 0.531. The SMILES string of the molecule is Cc1ccc2c(c1)C1(CC1)CN(C1CCN(C)CC1)C2. The molecule has 1 saturated heterocycles. The molecule has 2 nitrogen and oxygen atoms in total. The number of piperidine rings is 1. The topological polar surface area (TPSA) is 6.48 Å². The summed E-state index contributed by atoms with van der Waals surface area (Å²) in [5.74, 6) is 0. The molecule has 0 unspecified atom stereocenters. The monoisotopic (exact) mass is 270 g/mol. The molecule has 0 radical (unpaired) electrons. The summed E-state index contributed by atoms with van der Waals surface area (Å²) in [7, 11) is 2.26. The highest BCUT2D eigenvalue weighted by molar-refractivity contribution is 5.43. The first-order valence-electron chi connectivity index (χ1n) is 8.19. The third-order valence-electron chi connectivity index (χ3n) is 5.77. The van der Waals surface area contributed by atoms with Gasteiger partial charge in [0.25, 0.3) is 0 Å². The van der Waals surface area contributed by atoms with Crippen LogP contribution in [-0.4, -0.2) is 42.5 Å². The van der Waals surface area contributed by atoms with Gasteiger partial charge < -0.3 is 4.90 Å². The highest BCUT2D eigenvalue weighted by atomic mass is 15.2. The Morgan fingerprint density at radius 1 is 1.15 bits per heavy atom. The number of hydrogen-bond acceptors (Lipinski definition) is 2. The zero-order valence-corrected chi connectivity index (χ0v) is 12.9. The molecule has 0 amide bonds. The minimum Gasteiger partial charge on any atom is -0.306 e. The quantitative estimate of drug-likeness (QED) is 0.774. The van der Waals surface area contributed by atoms with E-state index in [2.05, 4.69) is 42.0 Å². The van der Waals surface area contributed by atoms with Gasteiger partial charge in [-0.15, -0.1) is 0 Å². The maximum absolute atomic E-state index is 2.80. The summed E-state index contributed by atoms with van der Waals surface area (Å²) in [6, 6.07) is 7.98. The van der Waals surface area contributed by atoms with Gasteiger partial charge in [-0.1, -0.05) is 23.8 Å². The molecule has 1 saturated carbocycles. The van der Waals surface area contributed by atoms with Crippen LogP contribution >= 0.6 is 0 Å². The van der Waals surface area contributed by atoms with Crippen LogP contribution in [0, 0.1) is 6.92 Å². The molecule has 1 aliphatic carbocycles. The van der Waals surface area contributed by atoms with Gasteiger partial charge in [-0.2, -0.15) is 0 Å². The largest absolute Gasteiger partial charge is 0.306 e. The van der Waals surface area contributed by atoms with Crippen molar-refractivity contribution < 1.29 is 0 Å². The van der Waals surface area contributed by atoms with Crippen molar-refractivity contribution in [3.63, 3.8) is 0 Å². The fourth-order valence-corrected chi connectivity index (χ4v) is 4.27. The van der Waals surface area contributed by atoms with Gasteiger partial charge in [0, 0.05) is 24.5 Å². The Kier molecular flexibility index (Phi) is 2.94. The second-order valence-corrected chi connectivity index (χ2v) is 7.38. The van der Waals surface area contributed by atoms with E-state index in [-0.39, 0.29) is 0 Å². The van der Waals surface area contributed by atoms with Crippen molar-refractivity contribution in [3.05, 3.63) is 34.9 Å². The van der Waals surface area contributed by atoms with Gasteiger partial charge in [0.2, 0.25) is 0 Å². The molecule has 3 aliphatic rings. The van der Waals surface area contributed by atoms with Crippen molar-refractivity contribution in [2.45, 2.75) is 50.6 Å². The van der Waals surface area contributed by atoms with Gasteiger partial charge in [-0.3, -0.25) is 4.90 Å². The summed E-state index contributed by atoms with van der Waals surface area (Å²) >= 11 is 0. The molecule has 2 aliphatic heterocycles. The molecule has 4 rings (SSSR count). The van der Waals surface area contributed by atoms with Crippen molar-refractivity contribution in [3.8, 4) is 0 Å². The summed E-state index contributed by atoms with van der Waals surface area (Å²) in [5, 5.41) is 0. The molecule has 2 heteroatoms. The van der Waals surface area contributed by atoms with Crippen molar-refractivity contribution in [1.29, 1.82) is 0 Å². The molecule has 108 valence electrons. The van der Waals surface area contributed by atoms with E-state index in [1.807, 2.05) is 0 Å². The Morgan fingerprint density at radius 3 is 2.60 bits per heavy atom. The van der Waals surface area contributed by atoms with Crippen LogP contribution in [0.4, 0.5) is 0 Å². The number of aryl methyl sites for hydroxylation is 1. The lowest BCUT2D eigenvalue weighted by atomic mass is 9.84. The van der Waals surface area contributed by atoms with Crippen LogP contribution < -0.4 is 0 Å². The first-order chi connectivity index (χ1) is 9.66. The molecule has 1 aromatic rings. The number of rotatable bonds is 1. The molecule has 0 N–H and O–H groups in total. The van der Waals surface area contributed by atoms with E-state index < -0.39 is 0 Å². The summed E-state index contributed by atoms with van der Waals surface area (Å²) in [6.07, 6.45) is 5.53. The molecule has 1 spiro atoms. The molecule has 2 fully saturated rings. The summed E-state index contributed by atoms with van der Waals surface area (Å²) in [4.78, 5) is 5.28. The van der Waals surface area contributed by atoms with E-state index in [9.17, 15) is 0 Å². The smallest absolute Gasteiger partial charge is 0.0240 e. The van der Waals surface area contributed by atoms with Crippen LogP contribution in [0.25, 0.3) is 0 Å². The predicted octanol–water partition coefficient (Wildman–Crippen LogP) is 2.94. The Labute approximate surface area is 122 Å². The highest BCUT2D eigenvalue weighted by Crippen LogP contribution is 2.53.